The monoisotopic (exact) mass is 330 g/mol. The third-order valence-corrected chi connectivity index (χ3v) is 3.71. The Morgan fingerprint density at radius 2 is 1.88 bits per heavy atom. The molecule has 6 heteroatoms. The summed E-state index contributed by atoms with van der Waals surface area (Å²) in [6, 6.07) is 14.5. The predicted molar refractivity (Wildman–Crippen MR) is 96.3 cm³/mol. The number of anilines is 2. The number of hydrogen-bond donors (Lipinski definition) is 2. The first-order chi connectivity index (χ1) is 12.3. The molecule has 2 amide bonds. The highest BCUT2D eigenvalue weighted by molar-refractivity contribution is 6.06. The second kappa shape index (κ2) is 6.45. The summed E-state index contributed by atoms with van der Waals surface area (Å²) in [4.78, 5) is 20.7. The number of hydrogen-bond acceptors (Lipinski definition) is 4. The Balaban J connectivity index is 1.72. The lowest BCUT2D eigenvalue weighted by Gasteiger charge is -2.12. The van der Waals surface area contributed by atoms with E-state index in [4.69, 9.17) is 4.42 Å². The first-order valence-corrected chi connectivity index (χ1v) is 7.71. The topological polar surface area (TPSA) is 80.0 Å². The zero-order valence-corrected chi connectivity index (χ0v) is 13.1. The van der Waals surface area contributed by atoms with Gasteiger partial charge in [-0.05, 0) is 30.3 Å². The van der Waals surface area contributed by atoms with Gasteiger partial charge in [0.25, 0.3) is 0 Å². The number of fused-ring (bicyclic) bond motifs is 1. The number of rotatable bonds is 3. The zero-order chi connectivity index (χ0) is 17.1. The number of carbonyl (C=O) groups excluding carboxylic acids is 1. The van der Waals surface area contributed by atoms with Crippen LogP contribution in [0.5, 0.6) is 0 Å². The van der Waals surface area contributed by atoms with E-state index in [9.17, 15) is 4.79 Å². The Hall–Kier alpha value is -3.67. The van der Waals surface area contributed by atoms with Gasteiger partial charge in [0.05, 0.1) is 41.1 Å². The van der Waals surface area contributed by atoms with Crippen LogP contribution in [-0.2, 0) is 0 Å². The maximum atomic E-state index is 12.3. The van der Waals surface area contributed by atoms with Gasteiger partial charge in [-0.3, -0.25) is 9.97 Å². The lowest BCUT2D eigenvalue weighted by atomic mass is 10.1. The van der Waals surface area contributed by atoms with E-state index < -0.39 is 0 Å². The van der Waals surface area contributed by atoms with Crippen LogP contribution in [0.25, 0.3) is 22.2 Å². The molecule has 2 N–H and O–H groups in total. The fraction of sp³-hybridized carbons (Fsp3) is 0. The van der Waals surface area contributed by atoms with Gasteiger partial charge in [0, 0.05) is 11.6 Å². The van der Waals surface area contributed by atoms with Gasteiger partial charge < -0.3 is 15.1 Å². The predicted octanol–water partition coefficient (Wildman–Crippen LogP) is 4.53. The van der Waals surface area contributed by atoms with Crippen LogP contribution in [0.4, 0.5) is 16.2 Å². The highest BCUT2D eigenvalue weighted by atomic mass is 16.3. The first kappa shape index (κ1) is 14.9. The van der Waals surface area contributed by atoms with Crippen LogP contribution in [0.3, 0.4) is 0 Å². The van der Waals surface area contributed by atoms with Crippen molar-refractivity contribution in [2.45, 2.75) is 0 Å². The summed E-state index contributed by atoms with van der Waals surface area (Å²) in [6.07, 6.45) is 6.45. The van der Waals surface area contributed by atoms with Crippen molar-refractivity contribution < 1.29 is 9.21 Å². The second-order valence-electron chi connectivity index (χ2n) is 5.36. The maximum Gasteiger partial charge on any atom is 0.323 e. The van der Waals surface area contributed by atoms with Gasteiger partial charge in [0.2, 0.25) is 0 Å². The molecule has 0 aliphatic heterocycles. The molecule has 25 heavy (non-hydrogen) atoms. The maximum absolute atomic E-state index is 12.3. The summed E-state index contributed by atoms with van der Waals surface area (Å²) in [6.45, 7) is 0. The summed E-state index contributed by atoms with van der Waals surface area (Å²) in [7, 11) is 0. The minimum atomic E-state index is -0.377. The average molecular weight is 330 g/mol. The summed E-state index contributed by atoms with van der Waals surface area (Å²) in [5.41, 5.74) is 2.78. The van der Waals surface area contributed by atoms with Gasteiger partial charge in [-0.25, -0.2) is 4.79 Å². The lowest BCUT2D eigenvalue weighted by molar-refractivity contribution is 0.262. The number of aromatic nitrogens is 2. The van der Waals surface area contributed by atoms with E-state index >= 15 is 0 Å². The largest absolute Gasteiger partial charge is 0.464 e. The van der Waals surface area contributed by atoms with Crippen molar-refractivity contribution in [3.05, 3.63) is 73.4 Å². The normalized spacial score (nSPS) is 10.6. The molecule has 0 unspecified atom stereocenters. The number of carbonyl (C=O) groups is 1. The van der Waals surface area contributed by atoms with Crippen molar-refractivity contribution in [1.82, 2.24) is 9.97 Å². The SMILES string of the molecule is O=C(Nc1cccnc1)Nc1cnc2ccccc2c1-c1ccco1. The van der Waals surface area contributed by atoms with Crippen molar-refractivity contribution in [3.8, 4) is 11.3 Å². The number of furan rings is 1. The molecule has 0 atom stereocenters. The molecular formula is C19H14N4O2. The molecule has 4 rings (SSSR count). The first-order valence-electron chi connectivity index (χ1n) is 7.71. The van der Waals surface area contributed by atoms with Crippen LogP contribution < -0.4 is 10.6 Å². The molecule has 0 aliphatic rings. The average Bonchev–Trinajstić information content (AvgIpc) is 3.16. The van der Waals surface area contributed by atoms with E-state index in [0.29, 0.717) is 17.1 Å². The zero-order valence-electron chi connectivity index (χ0n) is 13.1. The van der Waals surface area contributed by atoms with Crippen molar-refractivity contribution >= 4 is 28.3 Å². The van der Waals surface area contributed by atoms with E-state index in [2.05, 4.69) is 20.6 Å². The van der Waals surface area contributed by atoms with Gasteiger partial charge in [0.15, 0.2) is 0 Å². The lowest BCUT2D eigenvalue weighted by Crippen LogP contribution is -2.20. The number of benzene rings is 1. The van der Waals surface area contributed by atoms with E-state index in [0.717, 1.165) is 16.5 Å². The third-order valence-electron chi connectivity index (χ3n) is 3.71. The van der Waals surface area contributed by atoms with E-state index in [1.807, 2.05) is 36.4 Å². The minimum absolute atomic E-state index is 0.377. The van der Waals surface area contributed by atoms with Gasteiger partial charge in [-0.1, -0.05) is 18.2 Å². The molecule has 6 nitrogen and oxygen atoms in total. The van der Waals surface area contributed by atoms with Crippen LogP contribution >= 0.6 is 0 Å². The number of pyridine rings is 2. The third kappa shape index (κ3) is 3.05. The van der Waals surface area contributed by atoms with Crippen molar-refractivity contribution in [2.24, 2.45) is 0 Å². The Bertz CT molecular complexity index is 1010. The standard InChI is InChI=1S/C19H14N4O2/c24-19(22-13-5-3-9-20-11-13)23-16-12-21-15-7-2-1-6-14(15)18(16)17-8-4-10-25-17/h1-12H,(H2,22,23,24). The highest BCUT2D eigenvalue weighted by Gasteiger charge is 2.15. The highest BCUT2D eigenvalue weighted by Crippen LogP contribution is 2.34. The summed E-state index contributed by atoms with van der Waals surface area (Å²) >= 11 is 0. The molecule has 3 heterocycles. The molecule has 0 bridgehead atoms. The van der Waals surface area contributed by atoms with Crippen LogP contribution in [0.15, 0.2) is 77.8 Å². The minimum Gasteiger partial charge on any atom is -0.464 e. The molecular weight excluding hydrogens is 316 g/mol. The summed E-state index contributed by atoms with van der Waals surface area (Å²) in [5, 5.41) is 6.48. The molecule has 0 fully saturated rings. The molecule has 4 aromatic rings. The smallest absolute Gasteiger partial charge is 0.323 e. The van der Waals surface area contributed by atoms with E-state index in [1.165, 1.54) is 0 Å². The fourth-order valence-electron chi connectivity index (χ4n) is 2.64. The number of nitrogens with zero attached hydrogens (tertiary/aromatic N) is 2. The van der Waals surface area contributed by atoms with Crippen LogP contribution in [0, 0.1) is 0 Å². The molecule has 0 saturated heterocycles. The van der Waals surface area contributed by atoms with Gasteiger partial charge in [0.1, 0.15) is 5.76 Å². The summed E-state index contributed by atoms with van der Waals surface area (Å²) in [5.74, 6) is 0.662. The molecule has 0 radical (unpaired) electrons. The van der Waals surface area contributed by atoms with E-state index in [1.54, 1.807) is 37.0 Å². The van der Waals surface area contributed by atoms with Gasteiger partial charge in [-0.15, -0.1) is 0 Å². The van der Waals surface area contributed by atoms with Crippen LogP contribution in [0.1, 0.15) is 0 Å². The Morgan fingerprint density at radius 3 is 2.68 bits per heavy atom. The molecule has 122 valence electrons. The second-order valence-corrected chi connectivity index (χ2v) is 5.36. The van der Waals surface area contributed by atoms with Crippen molar-refractivity contribution in [3.63, 3.8) is 0 Å². The number of para-hydroxylation sites is 1. The molecule has 3 aromatic heterocycles. The van der Waals surface area contributed by atoms with Crippen LogP contribution in [-0.4, -0.2) is 16.0 Å². The van der Waals surface area contributed by atoms with Crippen molar-refractivity contribution in [2.75, 3.05) is 10.6 Å². The number of amides is 2. The van der Waals surface area contributed by atoms with E-state index in [-0.39, 0.29) is 6.03 Å². The number of urea groups is 1. The van der Waals surface area contributed by atoms with Gasteiger partial charge >= 0.3 is 6.03 Å². The molecule has 0 saturated carbocycles. The Labute approximate surface area is 143 Å². The summed E-state index contributed by atoms with van der Waals surface area (Å²) < 4.78 is 5.56. The molecule has 1 aromatic carbocycles. The number of nitrogens with one attached hydrogen (secondary N) is 2. The Morgan fingerprint density at radius 1 is 0.960 bits per heavy atom. The Kier molecular flexibility index (Phi) is 3.84. The molecule has 0 spiro atoms. The van der Waals surface area contributed by atoms with Gasteiger partial charge in [-0.2, -0.15) is 0 Å². The fourth-order valence-corrected chi connectivity index (χ4v) is 2.64. The van der Waals surface area contributed by atoms with Crippen molar-refractivity contribution in [1.29, 1.82) is 0 Å². The van der Waals surface area contributed by atoms with Crippen LogP contribution in [0.2, 0.25) is 0 Å². The molecule has 0 aliphatic carbocycles. The quantitative estimate of drug-likeness (QED) is 0.578.